The molecule has 3 aliphatic rings. The van der Waals surface area contributed by atoms with Crippen LogP contribution in [0.1, 0.15) is 57.3 Å². The molecule has 1 saturated carbocycles. The van der Waals surface area contributed by atoms with Crippen LogP contribution in [-0.4, -0.2) is 51.8 Å². The molecule has 5 nitrogen and oxygen atoms in total. The summed E-state index contributed by atoms with van der Waals surface area (Å²) in [5.41, 5.74) is 4.16. The first kappa shape index (κ1) is 24.1. The lowest BCUT2D eigenvalue weighted by atomic mass is 9.61. The Labute approximate surface area is 209 Å². The maximum absolute atomic E-state index is 11.5. The molecule has 3 unspecified atom stereocenters. The highest BCUT2D eigenvalue weighted by atomic mass is 16.5. The lowest BCUT2D eigenvalue weighted by molar-refractivity contribution is -0.0574. The maximum atomic E-state index is 11.5. The van der Waals surface area contributed by atoms with Gasteiger partial charge in [-0.25, -0.2) is 4.98 Å². The van der Waals surface area contributed by atoms with Crippen LogP contribution >= 0.6 is 0 Å². The number of para-hydroxylation sites is 1. The molecule has 1 heterocycles. The maximum Gasteiger partial charge on any atom is 0.147 e. The summed E-state index contributed by atoms with van der Waals surface area (Å²) in [5, 5.41) is 11.5. The van der Waals surface area contributed by atoms with Gasteiger partial charge in [-0.05, 0) is 88.7 Å². The monoisotopic (exact) mass is 473 g/mol. The van der Waals surface area contributed by atoms with Crippen LogP contribution in [0.2, 0.25) is 0 Å². The van der Waals surface area contributed by atoms with Crippen molar-refractivity contribution in [3.8, 4) is 5.75 Å². The van der Waals surface area contributed by atoms with Gasteiger partial charge in [0.25, 0.3) is 0 Å². The highest BCUT2D eigenvalue weighted by Gasteiger charge is 2.46. The summed E-state index contributed by atoms with van der Waals surface area (Å²) >= 11 is 0. The third kappa shape index (κ3) is 5.31. The lowest BCUT2D eigenvalue weighted by Crippen LogP contribution is -2.48. The molecule has 2 aromatic carbocycles. The molecule has 35 heavy (non-hydrogen) atoms. The van der Waals surface area contributed by atoms with Gasteiger partial charge < -0.3 is 19.7 Å². The number of aryl methyl sites for hydroxylation is 1. The summed E-state index contributed by atoms with van der Waals surface area (Å²) < 4.78 is 5.92. The van der Waals surface area contributed by atoms with Gasteiger partial charge in [0.15, 0.2) is 0 Å². The zero-order valence-electron chi connectivity index (χ0n) is 21.3. The van der Waals surface area contributed by atoms with Gasteiger partial charge in [-0.15, -0.1) is 0 Å². The van der Waals surface area contributed by atoms with E-state index in [1.807, 2.05) is 26.0 Å². The second kappa shape index (κ2) is 10.2. The molecule has 0 radical (unpaired) electrons. The van der Waals surface area contributed by atoms with Crippen molar-refractivity contribution in [3.63, 3.8) is 0 Å². The van der Waals surface area contributed by atoms with Crippen molar-refractivity contribution in [2.75, 3.05) is 20.1 Å². The van der Waals surface area contributed by atoms with E-state index in [9.17, 15) is 5.11 Å². The van der Waals surface area contributed by atoms with Crippen molar-refractivity contribution in [1.82, 2.24) is 14.9 Å². The van der Waals surface area contributed by atoms with Crippen molar-refractivity contribution in [2.24, 2.45) is 11.8 Å². The normalized spacial score (nSPS) is 23.9. The molecule has 3 aromatic rings. The Kier molecular flexibility index (Phi) is 6.99. The number of aromatic amines is 1. The van der Waals surface area contributed by atoms with E-state index < -0.39 is 5.60 Å². The number of fused-ring (bicyclic) bond motifs is 3. The molecule has 1 fully saturated rings. The first-order valence-corrected chi connectivity index (χ1v) is 13.2. The van der Waals surface area contributed by atoms with E-state index in [0.29, 0.717) is 5.92 Å². The number of aliphatic hydroxyl groups is 1. The lowest BCUT2D eigenvalue weighted by Gasteiger charge is -2.48. The SMILES string of the molecule is CC(C)Oc1cccc2[nH]c(CCCN(C)CCC3(O)CC4CCC3C=C4c3ccccc3)nc12. The molecule has 0 saturated heterocycles. The Morgan fingerprint density at radius 2 is 1.94 bits per heavy atom. The van der Waals surface area contributed by atoms with E-state index in [4.69, 9.17) is 9.72 Å². The Morgan fingerprint density at radius 1 is 1.11 bits per heavy atom. The number of benzene rings is 2. The van der Waals surface area contributed by atoms with Gasteiger partial charge in [-0.3, -0.25) is 0 Å². The van der Waals surface area contributed by atoms with Crippen LogP contribution < -0.4 is 4.74 Å². The highest BCUT2D eigenvalue weighted by molar-refractivity contribution is 5.81. The minimum Gasteiger partial charge on any atom is -0.489 e. The van der Waals surface area contributed by atoms with Crippen molar-refractivity contribution >= 4 is 16.6 Å². The van der Waals surface area contributed by atoms with Crippen LogP contribution in [0.25, 0.3) is 16.6 Å². The average Bonchev–Trinajstić information content (AvgIpc) is 3.27. The Morgan fingerprint density at radius 3 is 2.69 bits per heavy atom. The van der Waals surface area contributed by atoms with Gasteiger partial charge in [0.2, 0.25) is 0 Å². The number of aromatic nitrogens is 2. The second-order valence-corrected chi connectivity index (χ2v) is 10.8. The summed E-state index contributed by atoms with van der Waals surface area (Å²) in [6, 6.07) is 16.8. The van der Waals surface area contributed by atoms with E-state index in [1.54, 1.807) is 0 Å². The van der Waals surface area contributed by atoms with Gasteiger partial charge in [0.05, 0.1) is 17.2 Å². The standard InChI is InChI=1S/C30H39N3O2/c1-21(2)35-27-12-7-11-26-29(27)32-28(31-26)13-8-17-33(3)18-16-30(34)20-23-14-15-24(30)19-25(23)22-9-5-4-6-10-22/h4-7,9-12,19,21,23-24,34H,8,13-18,20H2,1-3H3,(H,31,32). The third-order valence-electron chi connectivity index (χ3n) is 7.81. The van der Waals surface area contributed by atoms with Crippen LogP contribution in [0.15, 0.2) is 54.6 Å². The Balaban J connectivity index is 1.13. The molecule has 5 heteroatoms. The van der Waals surface area contributed by atoms with Crippen LogP contribution in [0.5, 0.6) is 5.75 Å². The summed E-state index contributed by atoms with van der Waals surface area (Å²) in [5.74, 6) is 2.61. The molecule has 1 aromatic heterocycles. The van der Waals surface area contributed by atoms with E-state index in [2.05, 4.69) is 59.4 Å². The summed E-state index contributed by atoms with van der Waals surface area (Å²) in [6.07, 6.45) is 8.48. The van der Waals surface area contributed by atoms with E-state index in [-0.39, 0.29) is 12.0 Å². The van der Waals surface area contributed by atoms with Gasteiger partial charge in [-0.1, -0.05) is 42.5 Å². The van der Waals surface area contributed by atoms with Crippen molar-refractivity contribution in [3.05, 3.63) is 66.0 Å². The topological polar surface area (TPSA) is 61.4 Å². The fraction of sp³-hybridized carbons (Fsp3) is 0.500. The first-order valence-electron chi connectivity index (χ1n) is 13.2. The molecule has 0 aliphatic heterocycles. The fourth-order valence-electron chi connectivity index (χ4n) is 5.97. The van der Waals surface area contributed by atoms with Crippen LogP contribution in [0.3, 0.4) is 0 Å². The largest absolute Gasteiger partial charge is 0.489 e. The molecule has 186 valence electrons. The summed E-state index contributed by atoms with van der Waals surface area (Å²) in [4.78, 5) is 10.6. The number of imidazole rings is 1. The molecular weight excluding hydrogens is 434 g/mol. The molecule has 0 amide bonds. The van der Waals surface area contributed by atoms with E-state index in [0.717, 1.165) is 67.8 Å². The van der Waals surface area contributed by atoms with Crippen LogP contribution in [0.4, 0.5) is 0 Å². The van der Waals surface area contributed by atoms with Crippen molar-refractivity contribution in [2.45, 2.75) is 64.1 Å². The smallest absolute Gasteiger partial charge is 0.147 e. The zero-order valence-corrected chi connectivity index (χ0v) is 21.3. The quantitative estimate of drug-likeness (QED) is 0.388. The summed E-state index contributed by atoms with van der Waals surface area (Å²) in [7, 11) is 2.17. The van der Waals surface area contributed by atoms with Crippen LogP contribution in [0, 0.1) is 11.8 Å². The van der Waals surface area contributed by atoms with Crippen molar-refractivity contribution < 1.29 is 9.84 Å². The number of allylic oxidation sites excluding steroid dienone is 1. The van der Waals surface area contributed by atoms with Crippen LogP contribution in [-0.2, 0) is 6.42 Å². The summed E-state index contributed by atoms with van der Waals surface area (Å²) in [6.45, 7) is 5.98. The average molecular weight is 474 g/mol. The molecular formula is C30H39N3O2. The zero-order chi connectivity index (χ0) is 24.4. The number of hydrogen-bond donors (Lipinski definition) is 2. The number of nitrogens with zero attached hydrogens (tertiary/aromatic N) is 2. The molecule has 3 aliphatic carbocycles. The predicted molar refractivity (Wildman–Crippen MR) is 142 cm³/mol. The van der Waals surface area contributed by atoms with Gasteiger partial charge >= 0.3 is 0 Å². The van der Waals surface area contributed by atoms with E-state index in [1.165, 1.54) is 17.6 Å². The number of rotatable bonds is 10. The molecule has 6 rings (SSSR count). The first-order chi connectivity index (χ1) is 16.9. The fourth-order valence-corrected chi connectivity index (χ4v) is 5.97. The Hall–Kier alpha value is -2.63. The third-order valence-corrected chi connectivity index (χ3v) is 7.81. The predicted octanol–water partition coefficient (Wildman–Crippen LogP) is 5.85. The number of H-pyrrole nitrogens is 1. The van der Waals surface area contributed by atoms with Crippen molar-refractivity contribution in [1.29, 1.82) is 0 Å². The highest BCUT2D eigenvalue weighted by Crippen LogP contribution is 2.51. The molecule has 2 bridgehead atoms. The Bertz CT molecular complexity index is 1170. The van der Waals surface area contributed by atoms with Gasteiger partial charge in [0, 0.05) is 18.9 Å². The number of ether oxygens (including phenoxy) is 1. The minimum absolute atomic E-state index is 0.129. The molecule has 2 N–H and O–H groups in total. The molecule has 3 atom stereocenters. The number of hydrogen-bond acceptors (Lipinski definition) is 4. The minimum atomic E-state index is -0.568. The molecule has 0 spiro atoms. The van der Waals surface area contributed by atoms with Gasteiger partial charge in [0.1, 0.15) is 17.1 Å². The second-order valence-electron chi connectivity index (χ2n) is 10.8. The van der Waals surface area contributed by atoms with Gasteiger partial charge in [-0.2, -0.15) is 0 Å². The number of nitrogens with one attached hydrogen (secondary N) is 1. The van der Waals surface area contributed by atoms with E-state index >= 15 is 0 Å².